The first kappa shape index (κ1) is 17.2. The van der Waals surface area contributed by atoms with Crippen LogP contribution in [0.3, 0.4) is 0 Å². The first-order chi connectivity index (χ1) is 11.4. The van der Waals surface area contributed by atoms with Gasteiger partial charge in [-0.2, -0.15) is 5.10 Å². The largest absolute Gasteiger partial charge is 0.329 e. The van der Waals surface area contributed by atoms with Crippen LogP contribution in [0.2, 0.25) is 0 Å². The lowest BCUT2D eigenvalue weighted by atomic mass is 9.97. The number of aryl methyl sites for hydroxylation is 1. The third kappa shape index (κ3) is 4.05. The Hall–Kier alpha value is -1.67. The number of hydrogen-bond acceptors (Lipinski definition) is 4. The minimum atomic E-state index is -3.29. The summed E-state index contributed by atoms with van der Waals surface area (Å²) >= 11 is 0. The monoisotopic (exact) mass is 352 g/mol. The van der Waals surface area contributed by atoms with E-state index in [0.717, 1.165) is 43.2 Å². The van der Waals surface area contributed by atoms with Crippen LogP contribution in [0.15, 0.2) is 23.9 Å². The summed E-state index contributed by atoms with van der Waals surface area (Å²) in [6.07, 6.45) is 9.51. The number of hydrogen-bond donors (Lipinski definition) is 1. The maximum atomic E-state index is 13.0. The molecule has 0 saturated carbocycles. The lowest BCUT2D eigenvalue weighted by Gasteiger charge is -2.31. The van der Waals surface area contributed by atoms with E-state index in [2.05, 4.69) is 9.82 Å². The van der Waals surface area contributed by atoms with Crippen LogP contribution in [-0.4, -0.2) is 47.8 Å². The van der Waals surface area contributed by atoms with E-state index in [4.69, 9.17) is 0 Å². The molecule has 1 aliphatic heterocycles. The van der Waals surface area contributed by atoms with Crippen molar-refractivity contribution in [3.63, 3.8) is 0 Å². The first-order valence-electron chi connectivity index (χ1n) is 8.39. The van der Waals surface area contributed by atoms with Crippen molar-refractivity contribution < 1.29 is 13.2 Å². The smallest absolute Gasteiger partial charge is 0.250 e. The van der Waals surface area contributed by atoms with E-state index in [1.54, 1.807) is 6.20 Å². The highest BCUT2D eigenvalue weighted by Crippen LogP contribution is 2.24. The van der Waals surface area contributed by atoms with Crippen LogP contribution >= 0.6 is 0 Å². The average Bonchev–Trinajstić information content (AvgIpc) is 2.92. The van der Waals surface area contributed by atoms with Crippen LogP contribution in [0.25, 0.3) is 0 Å². The van der Waals surface area contributed by atoms with Crippen LogP contribution in [0, 0.1) is 0 Å². The Labute approximate surface area is 142 Å². The van der Waals surface area contributed by atoms with Gasteiger partial charge in [0, 0.05) is 30.9 Å². The van der Waals surface area contributed by atoms with Gasteiger partial charge in [-0.3, -0.25) is 9.48 Å². The topological polar surface area (TPSA) is 84.3 Å². The first-order valence-corrected chi connectivity index (χ1v) is 10.3. The van der Waals surface area contributed by atoms with Crippen molar-refractivity contribution >= 4 is 15.9 Å². The Morgan fingerprint density at radius 3 is 2.96 bits per heavy atom. The third-order valence-electron chi connectivity index (χ3n) is 4.66. The van der Waals surface area contributed by atoms with Crippen molar-refractivity contribution in [2.75, 3.05) is 12.8 Å². The van der Waals surface area contributed by atoms with Gasteiger partial charge in [0.2, 0.25) is 15.9 Å². The number of sulfonamides is 1. The molecule has 0 saturated heterocycles. The van der Waals surface area contributed by atoms with Gasteiger partial charge in [0.25, 0.3) is 0 Å². The summed E-state index contributed by atoms with van der Waals surface area (Å²) in [4.78, 5) is 14.8. The molecular weight excluding hydrogens is 328 g/mol. The molecule has 0 unspecified atom stereocenters. The number of allylic oxidation sites excluding steroid dienone is 1. The van der Waals surface area contributed by atoms with E-state index in [0.29, 0.717) is 19.5 Å². The Kier molecular flexibility index (Phi) is 5.05. The molecule has 0 radical (unpaired) electrons. The zero-order valence-electron chi connectivity index (χ0n) is 13.9. The van der Waals surface area contributed by atoms with E-state index < -0.39 is 10.0 Å². The molecule has 24 heavy (non-hydrogen) atoms. The average molecular weight is 352 g/mol. The molecule has 2 heterocycles. The van der Waals surface area contributed by atoms with Gasteiger partial charge in [0.05, 0.1) is 18.5 Å². The van der Waals surface area contributed by atoms with Gasteiger partial charge in [-0.25, -0.2) is 13.1 Å². The molecule has 132 valence electrons. The van der Waals surface area contributed by atoms with Crippen molar-refractivity contribution in [1.29, 1.82) is 0 Å². The molecule has 1 aromatic rings. The second-order valence-corrected chi connectivity index (χ2v) is 8.35. The SMILES string of the molecule is CS(=O)(=O)NC[C@H]1CCn2nccc2CN1C(=O)C1=CCCCC1. The van der Waals surface area contributed by atoms with Crippen molar-refractivity contribution in [3.8, 4) is 0 Å². The van der Waals surface area contributed by atoms with Gasteiger partial charge in [0.15, 0.2) is 0 Å². The number of rotatable bonds is 4. The summed E-state index contributed by atoms with van der Waals surface area (Å²) in [7, 11) is -3.29. The molecule has 2 aliphatic rings. The molecule has 0 spiro atoms. The number of nitrogens with zero attached hydrogens (tertiary/aromatic N) is 3. The number of aromatic nitrogens is 2. The van der Waals surface area contributed by atoms with Crippen molar-refractivity contribution in [2.45, 2.75) is 51.2 Å². The fraction of sp³-hybridized carbons (Fsp3) is 0.625. The maximum Gasteiger partial charge on any atom is 0.250 e. The molecule has 3 rings (SSSR count). The highest BCUT2D eigenvalue weighted by atomic mass is 32.2. The normalized spacial score (nSPS) is 21.8. The van der Waals surface area contributed by atoms with Crippen LogP contribution in [0.1, 0.15) is 37.8 Å². The van der Waals surface area contributed by atoms with Gasteiger partial charge < -0.3 is 4.90 Å². The van der Waals surface area contributed by atoms with Crippen LogP contribution in [0.5, 0.6) is 0 Å². The zero-order valence-corrected chi connectivity index (χ0v) is 14.8. The minimum Gasteiger partial charge on any atom is -0.329 e. The van der Waals surface area contributed by atoms with Crippen LogP contribution in [0.4, 0.5) is 0 Å². The van der Waals surface area contributed by atoms with Crippen LogP contribution in [-0.2, 0) is 27.9 Å². The number of carbonyl (C=O) groups is 1. The van der Waals surface area contributed by atoms with Gasteiger partial charge >= 0.3 is 0 Å². The Morgan fingerprint density at radius 1 is 1.42 bits per heavy atom. The third-order valence-corrected chi connectivity index (χ3v) is 5.35. The lowest BCUT2D eigenvalue weighted by molar-refractivity contribution is -0.130. The zero-order chi connectivity index (χ0) is 17.2. The molecule has 1 aromatic heterocycles. The summed E-state index contributed by atoms with van der Waals surface area (Å²) in [6.45, 7) is 1.39. The molecule has 7 nitrogen and oxygen atoms in total. The standard InChI is InChI=1S/C16H24N4O3S/c1-24(22,23)18-11-14-8-10-20-15(7-9-17-20)12-19(14)16(21)13-5-3-2-4-6-13/h5,7,9,14,18H,2-4,6,8,10-12H2,1H3/t14-/m1/s1. The molecule has 1 atom stereocenters. The molecule has 8 heteroatoms. The lowest BCUT2D eigenvalue weighted by Crippen LogP contribution is -2.46. The summed E-state index contributed by atoms with van der Waals surface area (Å²) < 4.78 is 27.4. The van der Waals surface area contributed by atoms with E-state index in [-0.39, 0.29) is 18.5 Å². The highest BCUT2D eigenvalue weighted by Gasteiger charge is 2.30. The Bertz CT molecular complexity index is 738. The van der Waals surface area contributed by atoms with Crippen molar-refractivity contribution in [2.24, 2.45) is 0 Å². The van der Waals surface area contributed by atoms with E-state index in [1.165, 1.54) is 0 Å². The summed E-state index contributed by atoms with van der Waals surface area (Å²) in [6, 6.07) is 1.75. The summed E-state index contributed by atoms with van der Waals surface area (Å²) in [5.74, 6) is 0.0321. The molecule has 1 aliphatic carbocycles. The van der Waals surface area contributed by atoms with Crippen molar-refractivity contribution in [1.82, 2.24) is 19.4 Å². The minimum absolute atomic E-state index is 0.0321. The number of fused-ring (bicyclic) bond motifs is 1. The maximum absolute atomic E-state index is 13.0. The fourth-order valence-corrected chi connectivity index (χ4v) is 3.84. The molecule has 1 amide bonds. The molecule has 0 aromatic carbocycles. The predicted molar refractivity (Wildman–Crippen MR) is 90.6 cm³/mol. The van der Waals surface area contributed by atoms with Gasteiger partial charge in [-0.05, 0) is 38.2 Å². The van der Waals surface area contributed by atoms with Gasteiger partial charge in [-0.1, -0.05) is 6.08 Å². The van der Waals surface area contributed by atoms with Gasteiger partial charge in [-0.15, -0.1) is 0 Å². The van der Waals surface area contributed by atoms with E-state index in [9.17, 15) is 13.2 Å². The molecule has 1 N–H and O–H groups in total. The van der Waals surface area contributed by atoms with E-state index >= 15 is 0 Å². The van der Waals surface area contributed by atoms with Gasteiger partial charge in [0.1, 0.15) is 0 Å². The van der Waals surface area contributed by atoms with E-state index in [1.807, 2.05) is 21.7 Å². The number of nitrogens with one attached hydrogen (secondary N) is 1. The quantitative estimate of drug-likeness (QED) is 0.877. The summed E-state index contributed by atoms with van der Waals surface area (Å²) in [5.41, 5.74) is 1.85. The second-order valence-electron chi connectivity index (χ2n) is 6.52. The molecule has 0 fully saturated rings. The molecule has 0 bridgehead atoms. The fourth-order valence-electron chi connectivity index (χ4n) is 3.34. The highest BCUT2D eigenvalue weighted by molar-refractivity contribution is 7.88. The molecular formula is C16H24N4O3S. The number of amides is 1. The predicted octanol–water partition coefficient (Wildman–Crippen LogP) is 1.03. The number of carbonyl (C=O) groups excluding carboxylic acids is 1. The Balaban J connectivity index is 1.83. The van der Waals surface area contributed by atoms with Crippen molar-refractivity contribution in [3.05, 3.63) is 29.6 Å². The Morgan fingerprint density at radius 2 is 2.25 bits per heavy atom. The summed E-state index contributed by atoms with van der Waals surface area (Å²) in [5, 5.41) is 4.29. The van der Waals surface area contributed by atoms with Crippen LogP contribution < -0.4 is 4.72 Å². The second kappa shape index (κ2) is 7.06.